The number of pyridine rings is 1. The van der Waals surface area contributed by atoms with Gasteiger partial charge in [0.2, 0.25) is 0 Å². The SMILES string of the molecule is CCN1CCC(NCc2ccccn2)CC1. The highest BCUT2D eigenvalue weighted by Crippen LogP contribution is 2.10. The van der Waals surface area contributed by atoms with Crippen molar-refractivity contribution in [1.29, 1.82) is 0 Å². The molecule has 16 heavy (non-hydrogen) atoms. The van der Waals surface area contributed by atoms with Crippen LogP contribution in [0.2, 0.25) is 0 Å². The molecule has 1 aromatic rings. The van der Waals surface area contributed by atoms with Crippen LogP contribution in [0.15, 0.2) is 24.4 Å². The first-order chi connectivity index (χ1) is 7.88. The number of likely N-dealkylation sites (tertiary alicyclic amines) is 1. The van der Waals surface area contributed by atoms with Crippen molar-refractivity contribution < 1.29 is 0 Å². The standard InChI is InChI=1S/C13H21N3/c1-2-16-9-6-12(7-10-16)15-11-13-5-3-4-8-14-13/h3-5,8,12,15H,2,6-7,9-11H2,1H3. The van der Waals surface area contributed by atoms with E-state index in [1.165, 1.54) is 32.5 Å². The summed E-state index contributed by atoms with van der Waals surface area (Å²) in [5.74, 6) is 0. The maximum atomic E-state index is 4.32. The van der Waals surface area contributed by atoms with E-state index in [9.17, 15) is 0 Å². The van der Waals surface area contributed by atoms with Gasteiger partial charge < -0.3 is 10.2 Å². The van der Waals surface area contributed by atoms with Gasteiger partial charge in [-0.3, -0.25) is 4.98 Å². The molecule has 0 amide bonds. The molecule has 3 nitrogen and oxygen atoms in total. The second-order valence-corrected chi connectivity index (χ2v) is 4.41. The quantitative estimate of drug-likeness (QED) is 0.834. The zero-order valence-electron chi connectivity index (χ0n) is 10.0. The number of nitrogens with one attached hydrogen (secondary N) is 1. The van der Waals surface area contributed by atoms with Crippen molar-refractivity contribution in [3.05, 3.63) is 30.1 Å². The minimum Gasteiger partial charge on any atom is -0.308 e. The van der Waals surface area contributed by atoms with Gasteiger partial charge in [0, 0.05) is 18.8 Å². The van der Waals surface area contributed by atoms with Crippen molar-refractivity contribution >= 4 is 0 Å². The predicted molar refractivity (Wildman–Crippen MR) is 66.2 cm³/mol. The number of nitrogens with zero attached hydrogens (tertiary/aromatic N) is 2. The van der Waals surface area contributed by atoms with Crippen LogP contribution in [-0.2, 0) is 6.54 Å². The first kappa shape index (κ1) is 11.6. The smallest absolute Gasteiger partial charge is 0.0541 e. The Morgan fingerprint density at radius 1 is 1.38 bits per heavy atom. The van der Waals surface area contributed by atoms with Crippen LogP contribution in [0.4, 0.5) is 0 Å². The van der Waals surface area contributed by atoms with E-state index >= 15 is 0 Å². The van der Waals surface area contributed by atoms with Crippen LogP contribution in [0.25, 0.3) is 0 Å². The lowest BCUT2D eigenvalue weighted by Gasteiger charge is -2.31. The average Bonchev–Trinajstić information content (AvgIpc) is 2.38. The Hall–Kier alpha value is -0.930. The second kappa shape index (κ2) is 5.97. The molecule has 1 saturated heterocycles. The van der Waals surface area contributed by atoms with Crippen LogP contribution in [0.3, 0.4) is 0 Å². The molecule has 2 heterocycles. The van der Waals surface area contributed by atoms with Gasteiger partial charge in [-0.05, 0) is 44.6 Å². The molecule has 2 rings (SSSR count). The summed E-state index contributed by atoms with van der Waals surface area (Å²) in [6, 6.07) is 6.76. The van der Waals surface area contributed by atoms with Gasteiger partial charge in [0.1, 0.15) is 0 Å². The molecule has 1 aliphatic heterocycles. The molecule has 3 heteroatoms. The van der Waals surface area contributed by atoms with E-state index in [1.807, 2.05) is 18.3 Å². The van der Waals surface area contributed by atoms with Gasteiger partial charge in [-0.1, -0.05) is 13.0 Å². The molecule has 0 radical (unpaired) electrons. The highest BCUT2D eigenvalue weighted by atomic mass is 15.1. The van der Waals surface area contributed by atoms with Gasteiger partial charge in [-0.2, -0.15) is 0 Å². The van der Waals surface area contributed by atoms with Gasteiger partial charge in [-0.15, -0.1) is 0 Å². The summed E-state index contributed by atoms with van der Waals surface area (Å²) in [7, 11) is 0. The van der Waals surface area contributed by atoms with E-state index in [0.717, 1.165) is 12.2 Å². The van der Waals surface area contributed by atoms with Crippen LogP contribution < -0.4 is 5.32 Å². The lowest BCUT2D eigenvalue weighted by Crippen LogP contribution is -2.42. The van der Waals surface area contributed by atoms with Gasteiger partial charge in [0.05, 0.1) is 5.69 Å². The lowest BCUT2D eigenvalue weighted by atomic mass is 10.1. The van der Waals surface area contributed by atoms with Gasteiger partial charge in [0.25, 0.3) is 0 Å². The monoisotopic (exact) mass is 219 g/mol. The molecule has 0 bridgehead atoms. The number of aromatic nitrogens is 1. The van der Waals surface area contributed by atoms with Crippen LogP contribution in [0, 0.1) is 0 Å². The lowest BCUT2D eigenvalue weighted by molar-refractivity contribution is 0.205. The van der Waals surface area contributed by atoms with E-state index < -0.39 is 0 Å². The molecule has 1 fully saturated rings. The van der Waals surface area contributed by atoms with Crippen LogP contribution in [0.1, 0.15) is 25.5 Å². The Morgan fingerprint density at radius 3 is 2.81 bits per heavy atom. The summed E-state index contributed by atoms with van der Waals surface area (Å²) in [6.45, 7) is 6.79. The van der Waals surface area contributed by atoms with Crippen molar-refractivity contribution in [2.24, 2.45) is 0 Å². The van der Waals surface area contributed by atoms with Crippen molar-refractivity contribution in [2.75, 3.05) is 19.6 Å². The minimum absolute atomic E-state index is 0.671. The van der Waals surface area contributed by atoms with E-state index in [1.54, 1.807) is 0 Å². The summed E-state index contributed by atoms with van der Waals surface area (Å²) in [4.78, 5) is 6.83. The van der Waals surface area contributed by atoms with Crippen molar-refractivity contribution in [1.82, 2.24) is 15.2 Å². The molecule has 0 spiro atoms. The van der Waals surface area contributed by atoms with E-state index in [0.29, 0.717) is 6.04 Å². The topological polar surface area (TPSA) is 28.2 Å². The van der Waals surface area contributed by atoms with Gasteiger partial charge >= 0.3 is 0 Å². The largest absolute Gasteiger partial charge is 0.308 e. The third-order valence-corrected chi connectivity index (χ3v) is 3.33. The van der Waals surface area contributed by atoms with Gasteiger partial charge in [-0.25, -0.2) is 0 Å². The molecular weight excluding hydrogens is 198 g/mol. The summed E-state index contributed by atoms with van der Waals surface area (Å²) in [6.07, 6.45) is 4.39. The third kappa shape index (κ3) is 3.29. The second-order valence-electron chi connectivity index (χ2n) is 4.41. The van der Waals surface area contributed by atoms with E-state index in [2.05, 4.69) is 28.2 Å². The van der Waals surface area contributed by atoms with Crippen molar-refractivity contribution in [3.63, 3.8) is 0 Å². The number of piperidine rings is 1. The Kier molecular flexibility index (Phi) is 4.31. The molecule has 0 aliphatic carbocycles. The maximum absolute atomic E-state index is 4.32. The van der Waals surface area contributed by atoms with E-state index in [-0.39, 0.29) is 0 Å². The average molecular weight is 219 g/mol. The highest BCUT2D eigenvalue weighted by molar-refractivity contribution is 5.03. The van der Waals surface area contributed by atoms with Crippen LogP contribution in [0.5, 0.6) is 0 Å². The van der Waals surface area contributed by atoms with E-state index in [4.69, 9.17) is 0 Å². The fourth-order valence-corrected chi connectivity index (χ4v) is 2.20. The number of hydrogen-bond acceptors (Lipinski definition) is 3. The first-order valence-electron chi connectivity index (χ1n) is 6.24. The number of rotatable bonds is 4. The van der Waals surface area contributed by atoms with Crippen LogP contribution in [-0.4, -0.2) is 35.6 Å². The third-order valence-electron chi connectivity index (χ3n) is 3.33. The molecule has 0 saturated carbocycles. The molecule has 1 aliphatic rings. The Balaban J connectivity index is 1.72. The maximum Gasteiger partial charge on any atom is 0.0541 e. The summed E-state index contributed by atoms with van der Waals surface area (Å²) in [5, 5.41) is 3.59. The fraction of sp³-hybridized carbons (Fsp3) is 0.615. The molecule has 1 aromatic heterocycles. The summed E-state index contributed by atoms with van der Waals surface area (Å²) >= 11 is 0. The number of hydrogen-bond donors (Lipinski definition) is 1. The fourth-order valence-electron chi connectivity index (χ4n) is 2.20. The minimum atomic E-state index is 0.671. The highest BCUT2D eigenvalue weighted by Gasteiger charge is 2.17. The molecular formula is C13H21N3. The van der Waals surface area contributed by atoms with Crippen molar-refractivity contribution in [3.8, 4) is 0 Å². The summed E-state index contributed by atoms with van der Waals surface area (Å²) < 4.78 is 0. The zero-order valence-corrected chi connectivity index (χ0v) is 10.0. The predicted octanol–water partition coefficient (Wildman–Crippen LogP) is 1.66. The molecule has 0 unspecified atom stereocenters. The Morgan fingerprint density at radius 2 is 2.19 bits per heavy atom. The molecule has 0 atom stereocenters. The molecule has 88 valence electrons. The summed E-state index contributed by atoms with van der Waals surface area (Å²) in [5.41, 5.74) is 1.14. The molecule has 1 N–H and O–H groups in total. The van der Waals surface area contributed by atoms with Crippen LogP contribution >= 0.6 is 0 Å². The zero-order chi connectivity index (χ0) is 11.2. The Labute approximate surface area is 97.9 Å². The van der Waals surface area contributed by atoms with Gasteiger partial charge in [0.15, 0.2) is 0 Å². The normalized spacial score (nSPS) is 18.8. The first-order valence-corrected chi connectivity index (χ1v) is 6.24. The van der Waals surface area contributed by atoms with Crippen molar-refractivity contribution in [2.45, 2.75) is 32.4 Å². The Bertz CT molecular complexity index is 291. The molecule has 0 aromatic carbocycles.